The molecular weight excluding hydrogens is 894 g/mol. The van der Waals surface area contributed by atoms with Crippen LogP contribution < -0.4 is 25.2 Å². The number of ether oxygens (including phenoxy) is 1. The number of halogens is 2. The summed E-state index contributed by atoms with van der Waals surface area (Å²) < 4.78 is 35.5. The molecule has 2 atom stereocenters. The van der Waals surface area contributed by atoms with Crippen LogP contribution in [0.25, 0.3) is 22.2 Å². The summed E-state index contributed by atoms with van der Waals surface area (Å²) in [6, 6.07) is 17.1. The molecule has 3 N–H and O–H groups in total. The van der Waals surface area contributed by atoms with Gasteiger partial charge in [0, 0.05) is 118 Å². The number of sulfonamides is 1. The number of benzene rings is 2. The van der Waals surface area contributed by atoms with Gasteiger partial charge in [-0.3, -0.25) is 34.7 Å². The molecule has 65 heavy (non-hydrogen) atoms. The number of fused-ring (bicyclic) bond motifs is 1. The highest BCUT2D eigenvalue weighted by Gasteiger charge is 2.38. The number of rotatable bonds is 12. The molecule has 17 nitrogen and oxygen atoms in total. The first-order chi connectivity index (χ1) is 31.4. The molecule has 9 rings (SSSR count). The fourth-order valence-electron chi connectivity index (χ4n) is 9.11. The zero-order chi connectivity index (χ0) is 45.2. The maximum absolute atomic E-state index is 13.8. The molecule has 0 bridgehead atoms. The van der Waals surface area contributed by atoms with Crippen molar-refractivity contribution in [2.75, 3.05) is 87.1 Å². The Labute approximate surface area is 387 Å². The number of anilines is 3. The van der Waals surface area contributed by atoms with Crippen LogP contribution in [0, 0.1) is 0 Å². The quantitative estimate of drug-likeness (QED) is 0.143. The van der Waals surface area contributed by atoms with Crippen LogP contribution in [0.5, 0.6) is 5.75 Å². The van der Waals surface area contributed by atoms with Crippen molar-refractivity contribution < 1.29 is 27.5 Å². The van der Waals surface area contributed by atoms with Crippen molar-refractivity contribution in [2.45, 2.75) is 50.0 Å². The van der Waals surface area contributed by atoms with Crippen LogP contribution in [0.3, 0.4) is 0 Å². The highest BCUT2D eigenvalue weighted by molar-refractivity contribution is 7.89. The number of carbonyl (C=O) groups is 3. The van der Waals surface area contributed by atoms with Crippen molar-refractivity contribution in [1.29, 1.82) is 0 Å². The number of imide groups is 1. The largest absolute Gasteiger partial charge is 0.486 e. The van der Waals surface area contributed by atoms with Crippen LogP contribution in [0.2, 0.25) is 10.0 Å². The summed E-state index contributed by atoms with van der Waals surface area (Å²) >= 11 is 12.7. The van der Waals surface area contributed by atoms with E-state index < -0.39 is 27.4 Å². The van der Waals surface area contributed by atoms with E-state index in [4.69, 9.17) is 32.9 Å². The van der Waals surface area contributed by atoms with Gasteiger partial charge < -0.3 is 24.8 Å². The van der Waals surface area contributed by atoms with E-state index in [1.54, 1.807) is 22.9 Å². The Morgan fingerprint density at radius 3 is 2.25 bits per heavy atom. The van der Waals surface area contributed by atoms with Crippen LogP contribution >= 0.6 is 23.2 Å². The van der Waals surface area contributed by atoms with Gasteiger partial charge in [-0.25, -0.2) is 13.4 Å². The Bertz CT molecular complexity index is 2630. The number of piperazine rings is 2. The molecule has 4 aliphatic heterocycles. The Balaban J connectivity index is 0.715. The van der Waals surface area contributed by atoms with E-state index >= 15 is 0 Å². The van der Waals surface area contributed by atoms with E-state index in [-0.39, 0.29) is 17.7 Å². The molecule has 1 unspecified atom stereocenters. The summed E-state index contributed by atoms with van der Waals surface area (Å²) in [7, 11) is -3.54. The number of pyridine rings is 2. The zero-order valence-electron chi connectivity index (χ0n) is 36.0. The number of nitrogens with zero attached hydrogens (tertiary/aromatic N) is 8. The second kappa shape index (κ2) is 19.1. The number of likely N-dealkylation sites (tertiary alicyclic amines) is 1. The molecule has 7 heterocycles. The lowest BCUT2D eigenvalue weighted by atomic mass is 10.1. The Morgan fingerprint density at radius 2 is 1.57 bits per heavy atom. The van der Waals surface area contributed by atoms with Gasteiger partial charge in [-0.2, -0.15) is 9.40 Å². The Hall–Kier alpha value is -5.53. The lowest BCUT2D eigenvalue weighted by Gasteiger charge is -2.39. The van der Waals surface area contributed by atoms with Crippen LogP contribution in [-0.2, 0) is 24.4 Å². The van der Waals surface area contributed by atoms with E-state index in [0.717, 1.165) is 65.5 Å². The highest BCUT2D eigenvalue weighted by atomic mass is 35.5. The van der Waals surface area contributed by atoms with Crippen molar-refractivity contribution in [1.82, 2.24) is 39.6 Å². The summed E-state index contributed by atoms with van der Waals surface area (Å²) in [6.07, 6.45) is 6.07. The van der Waals surface area contributed by atoms with Crippen molar-refractivity contribution >= 4 is 79.0 Å². The average Bonchev–Trinajstić information content (AvgIpc) is 3.74. The topological polar surface area (TPSA) is 189 Å². The van der Waals surface area contributed by atoms with Gasteiger partial charge in [0.05, 0.1) is 27.4 Å². The highest BCUT2D eigenvalue weighted by Crippen LogP contribution is 2.35. The average molecular weight is 945 g/mol. The van der Waals surface area contributed by atoms with Crippen LogP contribution in [0.15, 0.2) is 73.2 Å². The number of hydrogen-bond donors (Lipinski definition) is 3. The van der Waals surface area contributed by atoms with E-state index in [2.05, 4.69) is 40.5 Å². The minimum Gasteiger partial charge on any atom is -0.486 e. The number of aromatic amines is 1. The van der Waals surface area contributed by atoms with Crippen LogP contribution in [-0.4, -0.2) is 144 Å². The first kappa shape index (κ1) is 44.7. The number of hydrogen-bond acceptors (Lipinski definition) is 13. The van der Waals surface area contributed by atoms with Gasteiger partial charge in [-0.05, 0) is 80.8 Å². The van der Waals surface area contributed by atoms with Gasteiger partial charge in [0.15, 0.2) is 0 Å². The zero-order valence-corrected chi connectivity index (χ0v) is 38.3. The molecule has 2 aromatic carbocycles. The number of aromatic nitrogens is 4. The van der Waals surface area contributed by atoms with Gasteiger partial charge in [0.2, 0.25) is 27.7 Å². The van der Waals surface area contributed by atoms with Gasteiger partial charge >= 0.3 is 0 Å². The molecule has 5 aromatic rings. The maximum atomic E-state index is 13.8. The Kier molecular flexibility index (Phi) is 13.1. The fraction of sp³-hybridized carbons (Fsp3) is 0.422. The Morgan fingerprint density at radius 1 is 0.862 bits per heavy atom. The first-order valence-electron chi connectivity index (χ1n) is 22.0. The minimum absolute atomic E-state index is 0.0349. The molecule has 342 valence electrons. The fourth-order valence-corrected chi connectivity index (χ4v) is 11.7. The molecule has 4 fully saturated rings. The van der Waals surface area contributed by atoms with Crippen molar-refractivity contribution in [3.8, 4) is 17.0 Å². The maximum Gasteiger partial charge on any atom is 0.249 e. The third kappa shape index (κ3) is 9.87. The number of carbonyl (C=O) groups excluding carboxylic acids is 3. The smallest absolute Gasteiger partial charge is 0.249 e. The number of amides is 3. The molecule has 3 aromatic heterocycles. The minimum atomic E-state index is -3.54. The summed E-state index contributed by atoms with van der Waals surface area (Å²) in [5.41, 5.74) is 4.93. The number of piperidine rings is 2. The molecule has 20 heteroatoms. The molecule has 4 aliphatic rings. The lowest BCUT2D eigenvalue weighted by molar-refractivity contribution is -0.134. The molecule has 0 aliphatic carbocycles. The molecule has 0 spiro atoms. The van der Waals surface area contributed by atoms with E-state index in [1.165, 1.54) is 0 Å². The second-order valence-electron chi connectivity index (χ2n) is 16.9. The van der Waals surface area contributed by atoms with E-state index in [9.17, 15) is 22.8 Å². The predicted octanol–water partition coefficient (Wildman–Crippen LogP) is 4.95. The summed E-state index contributed by atoms with van der Waals surface area (Å²) in [6.45, 7) is 7.79. The molecule has 0 radical (unpaired) electrons. The summed E-state index contributed by atoms with van der Waals surface area (Å²) in [5, 5.41) is 14.4. The van der Waals surface area contributed by atoms with Crippen molar-refractivity contribution in [3.05, 3.63) is 88.8 Å². The second-order valence-corrected chi connectivity index (χ2v) is 20.0. The van der Waals surface area contributed by atoms with Gasteiger partial charge in [-0.1, -0.05) is 23.2 Å². The predicted molar refractivity (Wildman–Crippen MR) is 250 cm³/mol. The molecular formula is C45H51Cl2N11O6S. The van der Waals surface area contributed by atoms with Gasteiger partial charge in [-0.15, -0.1) is 0 Å². The molecule has 0 saturated carbocycles. The molecule has 3 amide bonds. The van der Waals surface area contributed by atoms with Crippen molar-refractivity contribution in [2.24, 2.45) is 0 Å². The monoisotopic (exact) mass is 943 g/mol. The summed E-state index contributed by atoms with van der Waals surface area (Å²) in [4.78, 5) is 54.1. The number of nitrogens with one attached hydrogen (secondary N) is 3. The van der Waals surface area contributed by atoms with Gasteiger partial charge in [0.25, 0.3) is 0 Å². The van der Waals surface area contributed by atoms with E-state index in [0.29, 0.717) is 92.9 Å². The van der Waals surface area contributed by atoms with Gasteiger partial charge in [0.1, 0.15) is 29.4 Å². The van der Waals surface area contributed by atoms with Crippen LogP contribution in [0.4, 0.5) is 17.2 Å². The van der Waals surface area contributed by atoms with Crippen LogP contribution in [0.1, 0.15) is 44.3 Å². The first-order valence-corrected chi connectivity index (χ1v) is 24.2. The van der Waals surface area contributed by atoms with Crippen molar-refractivity contribution in [3.63, 3.8) is 0 Å². The third-order valence-corrected chi connectivity index (χ3v) is 15.8. The lowest BCUT2D eigenvalue weighted by Crippen LogP contribution is -2.54. The summed E-state index contributed by atoms with van der Waals surface area (Å²) in [5.74, 6) is 0.883. The number of H-pyrrole nitrogens is 1. The third-order valence-electron chi connectivity index (χ3n) is 12.8. The SMILES string of the molecule is C[C@@H](Oc1ccc2[nH]nc(-c3ccc(N4CCN(S(=O)(=O)C5CCN(C(=O)CN6CCN(c7ccc(NC8CCC(=O)NC8=O)cc7)CC6)CC5)CC4)nc3)c2c1)c1c(Cl)cncc1Cl. The normalized spacial score (nSPS) is 19.9. The standard InChI is InChI=1S/C45H51Cl2N11O6S/c1-29(43-36(46)26-48-27-37(43)47)64-33-7-8-38-35(24-33)44(53-52-38)30-2-10-40(49-25-30)56-20-22-58(23-21-56)65(62,63)34-12-14-57(15-13-34)42(60)28-54-16-18-55(19-17-54)32-5-3-31(4-6-32)50-39-9-11-41(59)51-45(39)61/h2-8,10,24-27,29,34,39,50H,9,11-23,28H2,1H3,(H,52,53)(H,51,59,61)/t29-,39?/m1/s1. The van der Waals surface area contributed by atoms with E-state index in [1.807, 2.05) is 66.4 Å². The molecule has 4 saturated heterocycles.